The highest BCUT2D eigenvalue weighted by Crippen LogP contribution is 2.24. The predicted molar refractivity (Wildman–Crippen MR) is 101 cm³/mol. The van der Waals surface area contributed by atoms with Crippen LogP contribution in [0.3, 0.4) is 0 Å². The Morgan fingerprint density at radius 2 is 1.77 bits per heavy atom. The summed E-state index contributed by atoms with van der Waals surface area (Å²) in [6.45, 7) is 8.84. The second-order valence-corrected chi connectivity index (χ2v) is 6.95. The number of hydrogen-bond donors (Lipinski definition) is 0. The second kappa shape index (κ2) is 6.92. The van der Waals surface area contributed by atoms with Gasteiger partial charge in [0.1, 0.15) is 0 Å². The normalized spacial score (nSPS) is 15.8. The Morgan fingerprint density at radius 1 is 1.04 bits per heavy atom. The van der Waals surface area contributed by atoms with Crippen LogP contribution in [0.4, 0.5) is 5.69 Å². The van der Waals surface area contributed by atoms with Gasteiger partial charge in [-0.05, 0) is 38.1 Å². The zero-order chi connectivity index (χ0) is 18.1. The van der Waals surface area contributed by atoms with Crippen molar-refractivity contribution in [1.29, 1.82) is 0 Å². The maximum Gasteiger partial charge on any atom is 0.258 e. The Hall–Kier alpha value is -2.67. The van der Waals surface area contributed by atoms with Crippen molar-refractivity contribution in [3.63, 3.8) is 0 Å². The number of aromatic nitrogens is 4. The van der Waals surface area contributed by atoms with Crippen LogP contribution in [0.1, 0.15) is 13.8 Å². The van der Waals surface area contributed by atoms with Crippen LogP contribution >= 0.6 is 0 Å². The average Bonchev–Trinajstić information content (AvgIpc) is 3.31. The number of hydrogen-bond acceptors (Lipinski definition) is 6. The number of piperazine rings is 1. The molecule has 3 aromatic rings. The molecule has 3 heterocycles. The van der Waals surface area contributed by atoms with E-state index >= 15 is 0 Å². The minimum atomic E-state index is 0.501. The van der Waals surface area contributed by atoms with Crippen molar-refractivity contribution in [2.75, 3.05) is 31.1 Å². The zero-order valence-corrected chi connectivity index (χ0v) is 15.5. The van der Waals surface area contributed by atoms with Crippen LogP contribution in [-0.4, -0.2) is 56.8 Å². The molecule has 7 nitrogen and oxygen atoms in total. The smallest absolute Gasteiger partial charge is 0.258 e. The van der Waals surface area contributed by atoms with Gasteiger partial charge in [-0.3, -0.25) is 4.90 Å². The van der Waals surface area contributed by atoms with Crippen LogP contribution in [0, 0.1) is 0 Å². The summed E-state index contributed by atoms with van der Waals surface area (Å²) >= 11 is 0. The Morgan fingerprint density at radius 3 is 2.38 bits per heavy atom. The first-order chi connectivity index (χ1) is 12.6. The first-order valence-electron chi connectivity index (χ1n) is 9.02. The molecule has 1 saturated heterocycles. The van der Waals surface area contributed by atoms with E-state index in [0.29, 0.717) is 23.6 Å². The van der Waals surface area contributed by atoms with Crippen LogP contribution in [0.5, 0.6) is 0 Å². The number of aryl methyl sites for hydroxylation is 1. The molecular weight excluding hydrogens is 328 g/mol. The molecule has 1 aliphatic heterocycles. The molecule has 1 aliphatic rings. The van der Waals surface area contributed by atoms with Gasteiger partial charge < -0.3 is 14.0 Å². The van der Waals surface area contributed by atoms with Gasteiger partial charge in [-0.1, -0.05) is 5.16 Å². The zero-order valence-electron chi connectivity index (χ0n) is 15.5. The van der Waals surface area contributed by atoms with Crippen molar-refractivity contribution in [2.24, 2.45) is 7.05 Å². The third-order valence-electron chi connectivity index (χ3n) is 4.97. The Labute approximate surface area is 153 Å². The molecule has 0 spiro atoms. The van der Waals surface area contributed by atoms with E-state index in [0.717, 1.165) is 31.7 Å². The van der Waals surface area contributed by atoms with Gasteiger partial charge in [-0.25, -0.2) is 4.98 Å². The molecular formula is C19H24N6O. The van der Waals surface area contributed by atoms with Gasteiger partial charge in [0.05, 0.1) is 0 Å². The van der Waals surface area contributed by atoms with E-state index < -0.39 is 0 Å². The maximum atomic E-state index is 5.42. The van der Waals surface area contributed by atoms with Crippen LogP contribution in [0.25, 0.3) is 23.1 Å². The molecule has 0 radical (unpaired) electrons. The topological polar surface area (TPSA) is 63.2 Å². The van der Waals surface area contributed by atoms with Crippen molar-refractivity contribution in [1.82, 2.24) is 24.6 Å². The molecule has 4 rings (SSSR count). The van der Waals surface area contributed by atoms with Crippen molar-refractivity contribution >= 4 is 5.69 Å². The molecule has 26 heavy (non-hydrogen) atoms. The van der Waals surface area contributed by atoms with E-state index in [-0.39, 0.29) is 0 Å². The average molecular weight is 352 g/mol. The fourth-order valence-corrected chi connectivity index (χ4v) is 3.32. The molecule has 0 unspecified atom stereocenters. The van der Waals surface area contributed by atoms with E-state index in [1.165, 1.54) is 5.69 Å². The molecule has 1 aromatic carbocycles. The fourth-order valence-electron chi connectivity index (χ4n) is 3.32. The van der Waals surface area contributed by atoms with Gasteiger partial charge in [0.25, 0.3) is 5.89 Å². The Bertz CT molecular complexity index is 858. The quantitative estimate of drug-likeness (QED) is 0.719. The number of anilines is 1. The summed E-state index contributed by atoms with van der Waals surface area (Å²) in [5.41, 5.74) is 2.16. The summed E-state index contributed by atoms with van der Waals surface area (Å²) in [4.78, 5) is 13.7. The van der Waals surface area contributed by atoms with E-state index in [1.807, 2.05) is 29.9 Å². The molecule has 0 N–H and O–H groups in total. The third-order valence-corrected chi connectivity index (χ3v) is 4.97. The van der Waals surface area contributed by atoms with Crippen LogP contribution < -0.4 is 4.90 Å². The van der Waals surface area contributed by atoms with Gasteiger partial charge in [0.15, 0.2) is 5.82 Å². The number of imidazole rings is 1. The van der Waals surface area contributed by atoms with Crippen molar-refractivity contribution in [3.8, 4) is 23.1 Å². The maximum absolute atomic E-state index is 5.42. The van der Waals surface area contributed by atoms with E-state index in [4.69, 9.17) is 4.52 Å². The molecule has 0 amide bonds. The molecule has 1 fully saturated rings. The highest BCUT2D eigenvalue weighted by Gasteiger charge is 2.19. The second-order valence-electron chi connectivity index (χ2n) is 6.95. The van der Waals surface area contributed by atoms with Crippen LogP contribution in [-0.2, 0) is 7.05 Å². The lowest BCUT2D eigenvalue weighted by molar-refractivity contribution is 0.209. The van der Waals surface area contributed by atoms with Crippen molar-refractivity contribution < 1.29 is 4.52 Å². The van der Waals surface area contributed by atoms with Crippen molar-refractivity contribution in [2.45, 2.75) is 19.9 Å². The standard InChI is InChI=1S/C19H24N6O/c1-14(2)24-10-12-25(13-11-24)16-6-4-15(5-7-16)19-21-17(22-26-19)18-20-8-9-23(18)3/h4-9,14H,10-13H2,1-3H3. The Balaban J connectivity index is 1.47. The van der Waals surface area contributed by atoms with E-state index in [1.54, 1.807) is 6.20 Å². The summed E-state index contributed by atoms with van der Waals surface area (Å²) in [6, 6.07) is 8.96. The van der Waals surface area contributed by atoms with Gasteiger partial charge in [-0.2, -0.15) is 4.98 Å². The first-order valence-corrected chi connectivity index (χ1v) is 9.02. The number of rotatable bonds is 4. The van der Waals surface area contributed by atoms with E-state index in [2.05, 4.69) is 50.9 Å². The Kier molecular flexibility index (Phi) is 4.46. The lowest BCUT2D eigenvalue weighted by atomic mass is 10.1. The SMILES string of the molecule is CC(C)N1CCN(c2ccc(-c3nc(-c4nccn4C)no3)cc2)CC1. The van der Waals surface area contributed by atoms with Gasteiger partial charge in [-0.15, -0.1) is 0 Å². The summed E-state index contributed by atoms with van der Waals surface area (Å²) in [6.07, 6.45) is 3.58. The largest absolute Gasteiger partial charge is 0.369 e. The summed E-state index contributed by atoms with van der Waals surface area (Å²) in [7, 11) is 1.91. The lowest BCUT2D eigenvalue weighted by Crippen LogP contribution is -2.48. The van der Waals surface area contributed by atoms with E-state index in [9.17, 15) is 0 Å². The third kappa shape index (κ3) is 3.22. The van der Waals surface area contributed by atoms with Crippen LogP contribution in [0.2, 0.25) is 0 Å². The lowest BCUT2D eigenvalue weighted by Gasteiger charge is -2.38. The first kappa shape index (κ1) is 16.8. The molecule has 0 atom stereocenters. The molecule has 0 saturated carbocycles. The number of benzene rings is 1. The highest BCUT2D eigenvalue weighted by atomic mass is 16.5. The monoisotopic (exact) mass is 352 g/mol. The molecule has 7 heteroatoms. The molecule has 2 aromatic heterocycles. The van der Waals surface area contributed by atoms with Crippen molar-refractivity contribution in [3.05, 3.63) is 36.7 Å². The van der Waals surface area contributed by atoms with Gasteiger partial charge >= 0.3 is 0 Å². The fraction of sp³-hybridized carbons (Fsp3) is 0.421. The summed E-state index contributed by atoms with van der Waals surface area (Å²) < 4.78 is 7.29. The van der Waals surface area contributed by atoms with Gasteiger partial charge in [0, 0.05) is 62.9 Å². The molecule has 0 aliphatic carbocycles. The highest BCUT2D eigenvalue weighted by molar-refractivity contribution is 5.61. The molecule has 136 valence electrons. The predicted octanol–water partition coefficient (Wildman–Crippen LogP) is 2.67. The van der Waals surface area contributed by atoms with Gasteiger partial charge in [0.2, 0.25) is 5.82 Å². The molecule has 0 bridgehead atoms. The minimum absolute atomic E-state index is 0.501. The number of nitrogens with zero attached hydrogens (tertiary/aromatic N) is 6. The summed E-state index contributed by atoms with van der Waals surface area (Å²) in [5.74, 6) is 1.71. The van der Waals surface area contributed by atoms with Crippen LogP contribution in [0.15, 0.2) is 41.2 Å². The summed E-state index contributed by atoms with van der Waals surface area (Å²) in [5, 5.41) is 4.05. The minimum Gasteiger partial charge on any atom is -0.369 e.